The van der Waals surface area contributed by atoms with Crippen LogP contribution in [-0.2, 0) is 5.41 Å². The fraction of sp³-hybridized carbons (Fsp3) is 0.0175. The van der Waals surface area contributed by atoms with Crippen LogP contribution in [0.15, 0.2) is 217 Å². The van der Waals surface area contributed by atoms with Gasteiger partial charge in [0.25, 0.3) is 0 Å². The Morgan fingerprint density at radius 2 is 0.915 bits per heavy atom. The Balaban J connectivity index is 1.08. The molecule has 0 bridgehead atoms. The molecule has 0 atom stereocenters. The minimum atomic E-state index is -0.479. The number of hydrogen-bond donors (Lipinski definition) is 0. The van der Waals surface area contributed by atoms with Crippen molar-refractivity contribution in [1.29, 1.82) is 0 Å². The number of rotatable bonds is 5. The van der Waals surface area contributed by atoms with Crippen LogP contribution >= 0.6 is 0 Å². The summed E-state index contributed by atoms with van der Waals surface area (Å²) in [6, 6.07) is 77.3. The van der Waals surface area contributed by atoms with Crippen molar-refractivity contribution in [3.05, 3.63) is 246 Å². The average Bonchev–Trinajstić information content (AvgIpc) is 3.78. The lowest BCUT2D eigenvalue weighted by Crippen LogP contribution is -2.29. The SMILES string of the molecule is C1=Cc2ccccc2C2(c3ccccc31)c1ccccc1-c1cc(N(c3ccc(-c4cccc5c4oc4ccccc45)cc3)c3ccccc3-c3ccccc3)ccc12. The van der Waals surface area contributed by atoms with Gasteiger partial charge in [-0.2, -0.15) is 0 Å². The van der Waals surface area contributed by atoms with Crippen molar-refractivity contribution in [3.8, 4) is 33.4 Å². The van der Waals surface area contributed by atoms with E-state index in [2.05, 4.69) is 217 Å². The molecule has 9 aromatic carbocycles. The molecule has 12 rings (SSSR count). The minimum Gasteiger partial charge on any atom is -0.455 e. The van der Waals surface area contributed by atoms with Crippen molar-refractivity contribution in [2.75, 3.05) is 4.90 Å². The molecule has 59 heavy (non-hydrogen) atoms. The van der Waals surface area contributed by atoms with E-state index < -0.39 is 5.41 Å². The first-order valence-electron chi connectivity index (χ1n) is 20.3. The van der Waals surface area contributed by atoms with Gasteiger partial charge in [-0.1, -0.05) is 188 Å². The zero-order valence-corrected chi connectivity index (χ0v) is 32.2. The van der Waals surface area contributed by atoms with Crippen LogP contribution in [0.3, 0.4) is 0 Å². The van der Waals surface area contributed by atoms with E-state index in [9.17, 15) is 0 Å². The number of para-hydroxylation sites is 3. The first-order valence-corrected chi connectivity index (χ1v) is 20.3. The number of benzene rings is 9. The van der Waals surface area contributed by atoms with E-state index in [0.29, 0.717) is 0 Å². The molecule has 2 aliphatic carbocycles. The predicted molar refractivity (Wildman–Crippen MR) is 246 cm³/mol. The smallest absolute Gasteiger partial charge is 0.143 e. The van der Waals surface area contributed by atoms with Gasteiger partial charge in [0.2, 0.25) is 0 Å². The normalized spacial score (nSPS) is 13.2. The second kappa shape index (κ2) is 13.2. The summed E-state index contributed by atoms with van der Waals surface area (Å²) < 4.78 is 6.48. The highest BCUT2D eigenvalue weighted by Gasteiger charge is 2.48. The molecule has 0 radical (unpaired) electrons. The third kappa shape index (κ3) is 5.00. The Hall–Kier alpha value is -7.68. The lowest BCUT2D eigenvalue weighted by molar-refractivity contribution is 0.670. The summed E-state index contributed by atoms with van der Waals surface area (Å²) in [5.74, 6) is 0. The van der Waals surface area contributed by atoms with E-state index in [0.717, 1.165) is 50.1 Å². The van der Waals surface area contributed by atoms with Crippen molar-refractivity contribution in [3.63, 3.8) is 0 Å². The molecule has 0 amide bonds. The molecule has 0 unspecified atom stereocenters. The lowest BCUT2D eigenvalue weighted by Gasteiger charge is -2.35. The molecule has 10 aromatic rings. The van der Waals surface area contributed by atoms with Crippen molar-refractivity contribution in [2.45, 2.75) is 5.41 Å². The Bertz CT molecular complexity index is 3230. The molecule has 2 aliphatic rings. The molecular formula is C57H37NO. The number of hydrogen-bond acceptors (Lipinski definition) is 2. The Morgan fingerprint density at radius 3 is 1.69 bits per heavy atom. The van der Waals surface area contributed by atoms with E-state index in [1.165, 1.54) is 55.6 Å². The fourth-order valence-corrected chi connectivity index (χ4v) is 10.0. The maximum absolute atomic E-state index is 6.48. The highest BCUT2D eigenvalue weighted by molar-refractivity contribution is 6.09. The average molecular weight is 752 g/mol. The quantitative estimate of drug-likeness (QED) is 0.174. The fourth-order valence-electron chi connectivity index (χ4n) is 10.0. The number of anilines is 3. The zero-order valence-electron chi connectivity index (χ0n) is 32.2. The van der Waals surface area contributed by atoms with Crippen LogP contribution in [0.4, 0.5) is 17.1 Å². The van der Waals surface area contributed by atoms with Crippen molar-refractivity contribution < 1.29 is 4.42 Å². The van der Waals surface area contributed by atoms with Crippen molar-refractivity contribution in [2.24, 2.45) is 0 Å². The topological polar surface area (TPSA) is 16.4 Å². The van der Waals surface area contributed by atoms with E-state index in [-0.39, 0.29) is 0 Å². The van der Waals surface area contributed by atoms with Crippen molar-refractivity contribution >= 4 is 51.2 Å². The molecule has 2 nitrogen and oxygen atoms in total. The van der Waals surface area contributed by atoms with Crippen LogP contribution in [0, 0.1) is 0 Å². The van der Waals surface area contributed by atoms with Crippen LogP contribution in [0.5, 0.6) is 0 Å². The lowest BCUT2D eigenvalue weighted by atomic mass is 9.66. The maximum atomic E-state index is 6.48. The van der Waals surface area contributed by atoms with Crippen molar-refractivity contribution in [1.82, 2.24) is 0 Å². The van der Waals surface area contributed by atoms with Crippen LogP contribution in [-0.4, -0.2) is 0 Å². The van der Waals surface area contributed by atoms with Gasteiger partial charge >= 0.3 is 0 Å². The highest BCUT2D eigenvalue weighted by Crippen LogP contribution is 2.59. The minimum absolute atomic E-state index is 0.479. The molecule has 0 aliphatic heterocycles. The molecule has 276 valence electrons. The summed E-state index contributed by atoms with van der Waals surface area (Å²) in [7, 11) is 0. The third-order valence-electron chi connectivity index (χ3n) is 12.5. The van der Waals surface area contributed by atoms with Gasteiger partial charge in [-0.25, -0.2) is 0 Å². The van der Waals surface area contributed by atoms with Crippen LogP contribution in [0.2, 0.25) is 0 Å². The van der Waals surface area contributed by atoms with Gasteiger partial charge in [-0.3, -0.25) is 0 Å². The van der Waals surface area contributed by atoms with E-state index in [4.69, 9.17) is 4.42 Å². The standard InChI is InChI=1S/C57H37NO/c1-2-15-38(16-3-1)44-19-7-12-27-54(44)58(42-33-31-39(32-34-42)45-22-14-23-48-47-21-8-13-28-55(47)59-56(45)48)43-35-36-53-49(37-43)46-20-6-11-26-52(46)57(53)50-24-9-4-17-40(50)29-30-41-18-5-10-25-51(41)57/h1-37H. The molecule has 1 spiro atoms. The summed E-state index contributed by atoms with van der Waals surface area (Å²) in [6.07, 6.45) is 4.58. The van der Waals surface area contributed by atoms with Gasteiger partial charge in [-0.05, 0) is 92.0 Å². The largest absolute Gasteiger partial charge is 0.455 e. The summed E-state index contributed by atoms with van der Waals surface area (Å²) in [4.78, 5) is 2.43. The second-order valence-electron chi connectivity index (χ2n) is 15.6. The number of nitrogens with zero attached hydrogens (tertiary/aromatic N) is 1. The molecule has 0 saturated heterocycles. The van der Waals surface area contributed by atoms with E-state index in [1.807, 2.05) is 12.1 Å². The Kier molecular flexibility index (Phi) is 7.48. The van der Waals surface area contributed by atoms with Crippen LogP contribution in [0.1, 0.15) is 33.4 Å². The Labute approximate surface area is 343 Å². The van der Waals surface area contributed by atoms with Crippen LogP contribution < -0.4 is 4.90 Å². The highest BCUT2D eigenvalue weighted by atomic mass is 16.3. The first-order chi connectivity index (χ1) is 29.3. The first kappa shape index (κ1) is 33.5. The van der Waals surface area contributed by atoms with Gasteiger partial charge < -0.3 is 9.32 Å². The summed E-state index contributed by atoms with van der Waals surface area (Å²) >= 11 is 0. The van der Waals surface area contributed by atoms with E-state index in [1.54, 1.807) is 0 Å². The number of furan rings is 1. The molecule has 2 heteroatoms. The molecule has 1 heterocycles. The zero-order chi connectivity index (χ0) is 38.9. The predicted octanol–water partition coefficient (Wildman–Crippen LogP) is 15.2. The van der Waals surface area contributed by atoms with Gasteiger partial charge in [-0.15, -0.1) is 0 Å². The molecule has 0 N–H and O–H groups in total. The maximum Gasteiger partial charge on any atom is 0.143 e. The molecule has 1 aromatic heterocycles. The Morgan fingerprint density at radius 1 is 0.356 bits per heavy atom. The monoisotopic (exact) mass is 751 g/mol. The molecular weight excluding hydrogens is 715 g/mol. The van der Waals surface area contributed by atoms with E-state index >= 15 is 0 Å². The summed E-state index contributed by atoms with van der Waals surface area (Å²) in [6.45, 7) is 0. The van der Waals surface area contributed by atoms with Gasteiger partial charge in [0.05, 0.1) is 11.1 Å². The summed E-state index contributed by atoms with van der Waals surface area (Å²) in [5.41, 5.74) is 19.4. The molecule has 0 fully saturated rings. The second-order valence-corrected chi connectivity index (χ2v) is 15.6. The van der Waals surface area contributed by atoms with Gasteiger partial charge in [0, 0.05) is 33.3 Å². The van der Waals surface area contributed by atoms with Crippen LogP contribution in [0.25, 0.3) is 67.5 Å². The van der Waals surface area contributed by atoms with Gasteiger partial charge in [0.15, 0.2) is 0 Å². The summed E-state index contributed by atoms with van der Waals surface area (Å²) in [5, 5.41) is 2.27. The third-order valence-corrected chi connectivity index (χ3v) is 12.5. The van der Waals surface area contributed by atoms with Gasteiger partial charge in [0.1, 0.15) is 11.2 Å². The molecule has 0 saturated carbocycles. The number of fused-ring (bicyclic) bond motifs is 12.